The smallest absolute Gasteiger partial charge is 0.220 e. The second kappa shape index (κ2) is 8.33. The van der Waals surface area contributed by atoms with E-state index in [-0.39, 0.29) is 29.2 Å². The van der Waals surface area contributed by atoms with Crippen LogP contribution in [0.25, 0.3) is 0 Å². The zero-order valence-electron chi connectivity index (χ0n) is 12.5. The minimum absolute atomic E-state index is 0.0793. The van der Waals surface area contributed by atoms with Gasteiger partial charge >= 0.3 is 0 Å². The molecule has 0 bridgehead atoms. The van der Waals surface area contributed by atoms with E-state index < -0.39 is 9.84 Å². The Morgan fingerprint density at radius 1 is 1.29 bits per heavy atom. The number of nitrogens with zero attached hydrogens (tertiary/aromatic N) is 1. The van der Waals surface area contributed by atoms with Crippen molar-refractivity contribution in [2.24, 2.45) is 11.7 Å². The number of carbonyl (C=O) groups is 2. The summed E-state index contributed by atoms with van der Waals surface area (Å²) >= 11 is 0. The van der Waals surface area contributed by atoms with Crippen LogP contribution in [0.4, 0.5) is 0 Å². The van der Waals surface area contributed by atoms with E-state index in [4.69, 9.17) is 5.73 Å². The first kappa shape index (κ1) is 17.9. The van der Waals surface area contributed by atoms with Crippen molar-refractivity contribution in [1.82, 2.24) is 10.2 Å². The van der Waals surface area contributed by atoms with Crippen LogP contribution in [0.2, 0.25) is 0 Å². The van der Waals surface area contributed by atoms with E-state index in [0.717, 1.165) is 13.0 Å². The molecule has 122 valence electrons. The van der Waals surface area contributed by atoms with Gasteiger partial charge in [-0.25, -0.2) is 8.42 Å². The van der Waals surface area contributed by atoms with Crippen molar-refractivity contribution < 1.29 is 18.0 Å². The lowest BCUT2D eigenvalue weighted by Crippen LogP contribution is -2.41. The van der Waals surface area contributed by atoms with E-state index >= 15 is 0 Å². The van der Waals surface area contributed by atoms with Crippen LogP contribution in [0.15, 0.2) is 0 Å². The van der Waals surface area contributed by atoms with Gasteiger partial charge in [-0.05, 0) is 19.4 Å². The molecule has 3 N–H and O–H groups in total. The fraction of sp³-hybridized carbons (Fsp3) is 0.846. The maximum atomic E-state index is 11.6. The van der Waals surface area contributed by atoms with Gasteiger partial charge in [0.15, 0.2) is 9.84 Å². The van der Waals surface area contributed by atoms with Gasteiger partial charge in [0.1, 0.15) is 0 Å². The Labute approximate surface area is 126 Å². The summed E-state index contributed by atoms with van der Waals surface area (Å²) in [5.41, 5.74) is 5.13. The predicted octanol–water partition coefficient (Wildman–Crippen LogP) is -0.875. The Morgan fingerprint density at radius 3 is 2.48 bits per heavy atom. The van der Waals surface area contributed by atoms with Gasteiger partial charge in [0.2, 0.25) is 11.8 Å². The standard InChI is InChI=1S/C13H25N3O4S/c1-11(13(14)18)3-4-12(17)15-5-2-6-16-7-9-21(19,20)10-8-16/h11H,2-10H2,1H3,(H2,14,18)(H,15,17)/t11-/m0/s1. The van der Waals surface area contributed by atoms with E-state index in [1.807, 2.05) is 0 Å². The number of nitrogens with two attached hydrogens (primary N) is 1. The van der Waals surface area contributed by atoms with Crippen molar-refractivity contribution in [3.05, 3.63) is 0 Å². The third-order valence-electron chi connectivity index (χ3n) is 3.70. The van der Waals surface area contributed by atoms with Crippen LogP contribution < -0.4 is 11.1 Å². The Hall–Kier alpha value is -1.15. The van der Waals surface area contributed by atoms with Crippen molar-refractivity contribution >= 4 is 21.7 Å². The molecular formula is C13H25N3O4S. The monoisotopic (exact) mass is 319 g/mol. The molecule has 1 heterocycles. The van der Waals surface area contributed by atoms with Crippen LogP contribution in [-0.4, -0.2) is 62.8 Å². The second-order valence-electron chi connectivity index (χ2n) is 5.54. The summed E-state index contributed by atoms with van der Waals surface area (Å²) in [5, 5.41) is 2.80. The van der Waals surface area contributed by atoms with Gasteiger partial charge in [-0.2, -0.15) is 0 Å². The first-order valence-corrected chi connectivity index (χ1v) is 9.11. The topological polar surface area (TPSA) is 110 Å². The van der Waals surface area contributed by atoms with E-state index in [1.165, 1.54) is 0 Å². The molecule has 0 aromatic carbocycles. The molecule has 2 amide bonds. The summed E-state index contributed by atoms with van der Waals surface area (Å²) in [5.74, 6) is -0.299. The number of amides is 2. The highest BCUT2D eigenvalue weighted by molar-refractivity contribution is 7.91. The maximum absolute atomic E-state index is 11.6. The second-order valence-corrected chi connectivity index (χ2v) is 7.84. The van der Waals surface area contributed by atoms with Gasteiger partial charge in [-0.15, -0.1) is 0 Å². The minimum Gasteiger partial charge on any atom is -0.369 e. The van der Waals surface area contributed by atoms with E-state index in [9.17, 15) is 18.0 Å². The third-order valence-corrected chi connectivity index (χ3v) is 5.31. The molecule has 0 saturated carbocycles. The van der Waals surface area contributed by atoms with Crippen LogP contribution in [-0.2, 0) is 19.4 Å². The fourth-order valence-electron chi connectivity index (χ4n) is 2.08. The lowest BCUT2D eigenvalue weighted by atomic mass is 10.1. The number of hydrogen-bond acceptors (Lipinski definition) is 5. The number of sulfone groups is 1. The van der Waals surface area contributed by atoms with Crippen LogP contribution in [0.1, 0.15) is 26.2 Å². The van der Waals surface area contributed by atoms with Gasteiger partial charge in [0.05, 0.1) is 11.5 Å². The van der Waals surface area contributed by atoms with Crippen molar-refractivity contribution in [1.29, 1.82) is 0 Å². The number of rotatable bonds is 8. The quantitative estimate of drug-likeness (QED) is 0.565. The summed E-state index contributed by atoms with van der Waals surface area (Å²) < 4.78 is 22.5. The van der Waals surface area contributed by atoms with Crippen molar-refractivity contribution in [3.63, 3.8) is 0 Å². The molecule has 0 aliphatic carbocycles. The lowest BCUT2D eigenvalue weighted by molar-refractivity contribution is -0.123. The number of hydrogen-bond donors (Lipinski definition) is 2. The first-order chi connectivity index (χ1) is 9.80. The molecule has 1 fully saturated rings. The average Bonchev–Trinajstić information content (AvgIpc) is 2.42. The molecule has 8 heteroatoms. The average molecular weight is 319 g/mol. The molecule has 7 nitrogen and oxygen atoms in total. The van der Waals surface area contributed by atoms with Gasteiger partial charge in [-0.3, -0.25) is 9.59 Å². The van der Waals surface area contributed by atoms with Crippen molar-refractivity contribution in [2.75, 3.05) is 37.7 Å². The van der Waals surface area contributed by atoms with Gasteiger partial charge < -0.3 is 16.0 Å². The molecule has 0 radical (unpaired) electrons. The number of carbonyl (C=O) groups excluding carboxylic acids is 2. The van der Waals surface area contributed by atoms with Gasteiger partial charge in [0, 0.05) is 32.0 Å². The molecule has 1 atom stereocenters. The van der Waals surface area contributed by atoms with Crippen molar-refractivity contribution in [2.45, 2.75) is 26.2 Å². The number of primary amides is 1. The van der Waals surface area contributed by atoms with Gasteiger partial charge in [0.25, 0.3) is 0 Å². The van der Waals surface area contributed by atoms with E-state index in [1.54, 1.807) is 6.92 Å². The molecule has 0 unspecified atom stereocenters. The zero-order chi connectivity index (χ0) is 15.9. The highest BCUT2D eigenvalue weighted by atomic mass is 32.2. The summed E-state index contributed by atoms with van der Waals surface area (Å²) in [6.45, 7) is 4.21. The third kappa shape index (κ3) is 7.42. The molecule has 0 aromatic heterocycles. The van der Waals surface area contributed by atoms with E-state index in [0.29, 0.717) is 32.5 Å². The predicted molar refractivity (Wildman–Crippen MR) is 80.3 cm³/mol. The SMILES string of the molecule is C[C@@H](CCC(=O)NCCCN1CCS(=O)(=O)CC1)C(N)=O. The minimum atomic E-state index is -2.83. The van der Waals surface area contributed by atoms with Crippen LogP contribution in [0, 0.1) is 5.92 Å². The molecule has 1 aliphatic rings. The molecule has 1 saturated heterocycles. The largest absolute Gasteiger partial charge is 0.369 e. The first-order valence-electron chi connectivity index (χ1n) is 7.29. The van der Waals surface area contributed by atoms with Crippen molar-refractivity contribution in [3.8, 4) is 0 Å². The summed E-state index contributed by atoms with van der Waals surface area (Å²) in [4.78, 5) is 24.5. The Balaban J connectivity index is 2.06. The summed E-state index contributed by atoms with van der Waals surface area (Å²) in [6.07, 6.45) is 1.55. The number of nitrogens with one attached hydrogen (secondary N) is 1. The lowest BCUT2D eigenvalue weighted by Gasteiger charge is -2.26. The molecule has 21 heavy (non-hydrogen) atoms. The Bertz CT molecular complexity index is 450. The van der Waals surface area contributed by atoms with Crippen LogP contribution in [0.3, 0.4) is 0 Å². The highest BCUT2D eigenvalue weighted by Crippen LogP contribution is 2.05. The van der Waals surface area contributed by atoms with Gasteiger partial charge in [-0.1, -0.05) is 6.92 Å². The summed E-state index contributed by atoms with van der Waals surface area (Å²) in [6, 6.07) is 0. The normalized spacial score (nSPS) is 19.9. The maximum Gasteiger partial charge on any atom is 0.220 e. The fourth-order valence-corrected chi connectivity index (χ4v) is 3.36. The van der Waals surface area contributed by atoms with E-state index in [2.05, 4.69) is 10.2 Å². The Kier molecular flexibility index (Phi) is 7.10. The molecule has 0 spiro atoms. The zero-order valence-corrected chi connectivity index (χ0v) is 13.3. The Morgan fingerprint density at radius 2 is 1.90 bits per heavy atom. The molecule has 0 aromatic rings. The van der Waals surface area contributed by atoms with Crippen LogP contribution in [0.5, 0.6) is 0 Å². The summed E-state index contributed by atoms with van der Waals surface area (Å²) in [7, 11) is -2.83. The molecule has 1 aliphatic heterocycles. The molecular weight excluding hydrogens is 294 g/mol. The molecule has 1 rings (SSSR count). The highest BCUT2D eigenvalue weighted by Gasteiger charge is 2.20. The van der Waals surface area contributed by atoms with Crippen LogP contribution >= 0.6 is 0 Å².